The molecule has 1 atom stereocenters. The summed E-state index contributed by atoms with van der Waals surface area (Å²) in [6.45, 7) is 0.613. The molecule has 114 valence electrons. The quantitative estimate of drug-likeness (QED) is 0.832. The fourth-order valence-electron chi connectivity index (χ4n) is 2.46. The number of sulfonamides is 1. The van der Waals surface area contributed by atoms with Crippen molar-refractivity contribution < 1.29 is 13.2 Å². The van der Waals surface area contributed by atoms with Gasteiger partial charge < -0.3 is 4.90 Å². The first-order valence-electron chi connectivity index (χ1n) is 6.97. The number of benzene rings is 1. The monoisotopic (exact) mass is 308 g/mol. The van der Waals surface area contributed by atoms with Crippen molar-refractivity contribution in [1.82, 2.24) is 9.62 Å². The number of carbonyl (C=O) groups is 1. The lowest BCUT2D eigenvalue weighted by molar-refractivity contribution is -0.126. The second-order valence-electron chi connectivity index (χ2n) is 5.06. The number of amides is 1. The summed E-state index contributed by atoms with van der Waals surface area (Å²) in [7, 11) is -1.91. The highest BCUT2D eigenvalue weighted by Crippen LogP contribution is 2.19. The molecule has 1 fully saturated rings. The van der Waals surface area contributed by atoms with Crippen molar-refractivity contribution in [3.05, 3.63) is 42.0 Å². The molecule has 21 heavy (non-hydrogen) atoms. The number of hydrogen-bond acceptors (Lipinski definition) is 3. The van der Waals surface area contributed by atoms with E-state index in [2.05, 4.69) is 4.72 Å². The van der Waals surface area contributed by atoms with Crippen LogP contribution >= 0.6 is 0 Å². The van der Waals surface area contributed by atoms with Gasteiger partial charge in [-0.2, -0.15) is 0 Å². The molecule has 0 unspecified atom stereocenters. The number of nitrogens with one attached hydrogen (secondary N) is 1. The minimum atomic E-state index is -3.30. The molecule has 0 spiro atoms. The molecule has 2 rings (SSSR count). The van der Waals surface area contributed by atoms with E-state index in [0.717, 1.165) is 18.4 Å². The topological polar surface area (TPSA) is 66.5 Å². The summed E-state index contributed by atoms with van der Waals surface area (Å²) in [5, 5.41) is 0. The van der Waals surface area contributed by atoms with Crippen LogP contribution in [-0.2, 0) is 14.8 Å². The van der Waals surface area contributed by atoms with Gasteiger partial charge in [0.1, 0.15) is 0 Å². The minimum absolute atomic E-state index is 0.0333. The van der Waals surface area contributed by atoms with Crippen LogP contribution in [0, 0.1) is 0 Å². The van der Waals surface area contributed by atoms with Gasteiger partial charge in [-0.3, -0.25) is 4.79 Å². The van der Waals surface area contributed by atoms with Gasteiger partial charge in [-0.1, -0.05) is 30.3 Å². The van der Waals surface area contributed by atoms with Crippen LogP contribution in [0.25, 0.3) is 6.08 Å². The molecular formula is C15H20N2O3S. The predicted molar refractivity (Wildman–Crippen MR) is 83.1 cm³/mol. The Bertz CT molecular complexity index is 611. The molecular weight excluding hydrogens is 288 g/mol. The normalized spacial score (nSPS) is 19.3. The number of carbonyl (C=O) groups excluding carboxylic acids is 1. The Balaban J connectivity index is 2.03. The highest BCUT2D eigenvalue weighted by atomic mass is 32.2. The number of likely N-dealkylation sites (tertiary alicyclic amines) is 1. The molecule has 0 bridgehead atoms. The lowest BCUT2D eigenvalue weighted by Gasteiger charge is -2.23. The smallest absolute Gasteiger partial charge is 0.246 e. The van der Waals surface area contributed by atoms with Crippen molar-refractivity contribution in [1.29, 1.82) is 0 Å². The molecule has 1 aliphatic heterocycles. The summed E-state index contributed by atoms with van der Waals surface area (Å²) in [6, 6.07) is 9.31. The van der Waals surface area contributed by atoms with Crippen LogP contribution in [-0.4, -0.2) is 44.6 Å². The van der Waals surface area contributed by atoms with Crippen molar-refractivity contribution in [2.75, 3.05) is 19.3 Å². The lowest BCUT2D eigenvalue weighted by Crippen LogP contribution is -2.41. The van der Waals surface area contributed by atoms with Gasteiger partial charge in [0.25, 0.3) is 0 Å². The zero-order valence-electron chi connectivity index (χ0n) is 12.0. The fraction of sp³-hybridized carbons (Fsp3) is 0.400. The third-order valence-electron chi connectivity index (χ3n) is 3.60. The van der Waals surface area contributed by atoms with Gasteiger partial charge in [0.2, 0.25) is 15.9 Å². The largest absolute Gasteiger partial charge is 0.335 e. The number of nitrogens with zero attached hydrogens (tertiary/aromatic N) is 1. The van der Waals surface area contributed by atoms with Gasteiger partial charge in [0.05, 0.1) is 5.75 Å². The van der Waals surface area contributed by atoms with E-state index in [4.69, 9.17) is 0 Å². The molecule has 1 amide bonds. The van der Waals surface area contributed by atoms with E-state index in [0.29, 0.717) is 6.54 Å². The maximum absolute atomic E-state index is 12.2. The van der Waals surface area contributed by atoms with Crippen LogP contribution < -0.4 is 4.72 Å². The van der Waals surface area contributed by atoms with E-state index < -0.39 is 10.0 Å². The van der Waals surface area contributed by atoms with Crippen LogP contribution in [0.15, 0.2) is 36.4 Å². The summed E-state index contributed by atoms with van der Waals surface area (Å²) >= 11 is 0. The van der Waals surface area contributed by atoms with Crippen molar-refractivity contribution in [2.24, 2.45) is 0 Å². The molecule has 1 aromatic rings. The highest BCUT2D eigenvalue weighted by Gasteiger charge is 2.30. The second-order valence-corrected chi connectivity index (χ2v) is 7.03. The zero-order chi connectivity index (χ0) is 15.3. The molecule has 1 aliphatic rings. The molecule has 6 heteroatoms. The van der Waals surface area contributed by atoms with Crippen LogP contribution in [0.5, 0.6) is 0 Å². The second kappa shape index (κ2) is 6.87. The van der Waals surface area contributed by atoms with Gasteiger partial charge in [-0.25, -0.2) is 13.1 Å². The first kappa shape index (κ1) is 15.7. The Hall–Kier alpha value is -1.66. The summed E-state index contributed by atoms with van der Waals surface area (Å²) in [5.41, 5.74) is 0.949. The SMILES string of the molecule is CNS(=O)(=O)C[C@H]1CCCN1C(=O)/C=C/c1ccccc1. The van der Waals surface area contributed by atoms with Gasteiger partial charge in [-0.15, -0.1) is 0 Å². The van der Waals surface area contributed by atoms with Gasteiger partial charge in [0, 0.05) is 18.7 Å². The van der Waals surface area contributed by atoms with Crippen molar-refractivity contribution in [3.8, 4) is 0 Å². The van der Waals surface area contributed by atoms with E-state index in [1.54, 1.807) is 11.0 Å². The van der Waals surface area contributed by atoms with Crippen LogP contribution in [0.1, 0.15) is 18.4 Å². The zero-order valence-corrected chi connectivity index (χ0v) is 12.8. The first-order valence-corrected chi connectivity index (χ1v) is 8.62. The molecule has 1 aromatic carbocycles. The fourth-order valence-corrected chi connectivity index (χ4v) is 3.48. The van der Waals surface area contributed by atoms with E-state index in [1.807, 2.05) is 30.3 Å². The van der Waals surface area contributed by atoms with E-state index in [9.17, 15) is 13.2 Å². The highest BCUT2D eigenvalue weighted by molar-refractivity contribution is 7.89. The van der Waals surface area contributed by atoms with E-state index >= 15 is 0 Å². The standard InChI is InChI=1S/C15H20N2O3S/c1-16-21(19,20)12-14-8-5-11-17(14)15(18)10-9-13-6-3-2-4-7-13/h2-4,6-7,9-10,14,16H,5,8,11-12H2,1H3/b10-9+/t14-/m1/s1. The molecule has 0 aromatic heterocycles. The molecule has 1 heterocycles. The average Bonchev–Trinajstić information content (AvgIpc) is 2.93. The molecule has 1 saturated heterocycles. The number of hydrogen-bond donors (Lipinski definition) is 1. The predicted octanol–water partition coefficient (Wildman–Crippen LogP) is 1.24. The average molecular weight is 308 g/mol. The molecule has 5 nitrogen and oxygen atoms in total. The molecule has 0 saturated carbocycles. The molecule has 1 N–H and O–H groups in total. The third kappa shape index (κ3) is 4.41. The Morgan fingerprint density at radius 3 is 2.76 bits per heavy atom. The van der Waals surface area contributed by atoms with Crippen molar-refractivity contribution in [2.45, 2.75) is 18.9 Å². The lowest BCUT2D eigenvalue weighted by atomic mass is 10.2. The Morgan fingerprint density at radius 1 is 1.38 bits per heavy atom. The van der Waals surface area contributed by atoms with Gasteiger partial charge in [0.15, 0.2) is 0 Å². The van der Waals surface area contributed by atoms with Crippen LogP contribution in [0.4, 0.5) is 0 Å². The molecule has 0 radical (unpaired) electrons. The first-order chi connectivity index (χ1) is 10.0. The Kier molecular flexibility index (Phi) is 5.14. The summed E-state index contributed by atoms with van der Waals surface area (Å²) in [4.78, 5) is 13.9. The van der Waals surface area contributed by atoms with E-state index in [1.165, 1.54) is 13.1 Å². The Morgan fingerprint density at radius 2 is 2.10 bits per heavy atom. The van der Waals surface area contributed by atoms with Gasteiger partial charge >= 0.3 is 0 Å². The van der Waals surface area contributed by atoms with Crippen molar-refractivity contribution in [3.63, 3.8) is 0 Å². The van der Waals surface area contributed by atoms with Crippen LogP contribution in [0.2, 0.25) is 0 Å². The molecule has 0 aliphatic carbocycles. The third-order valence-corrected chi connectivity index (χ3v) is 5.05. The van der Waals surface area contributed by atoms with Crippen molar-refractivity contribution >= 4 is 22.0 Å². The number of rotatable bonds is 5. The maximum atomic E-state index is 12.2. The van der Waals surface area contributed by atoms with Gasteiger partial charge in [-0.05, 0) is 31.5 Å². The summed E-state index contributed by atoms with van der Waals surface area (Å²) in [5.74, 6) is -0.165. The maximum Gasteiger partial charge on any atom is 0.246 e. The summed E-state index contributed by atoms with van der Waals surface area (Å²) in [6.07, 6.45) is 4.84. The minimum Gasteiger partial charge on any atom is -0.335 e. The Labute approximate surface area is 125 Å². The van der Waals surface area contributed by atoms with Crippen LogP contribution in [0.3, 0.4) is 0 Å². The summed E-state index contributed by atoms with van der Waals surface area (Å²) < 4.78 is 25.6. The van der Waals surface area contributed by atoms with E-state index in [-0.39, 0.29) is 17.7 Å².